The van der Waals surface area contributed by atoms with Crippen molar-refractivity contribution in [1.29, 1.82) is 0 Å². The molecule has 0 amide bonds. The molecule has 0 aliphatic heterocycles. The third-order valence-electron chi connectivity index (χ3n) is 3.10. The molecular weight excluding hydrogens is 240 g/mol. The third kappa shape index (κ3) is 3.58. The monoisotopic (exact) mass is 258 g/mol. The van der Waals surface area contributed by atoms with Crippen LogP contribution >= 0.6 is 0 Å². The maximum absolute atomic E-state index is 5.66. The molecule has 0 atom stereocenters. The molecule has 0 aromatic carbocycles. The van der Waals surface area contributed by atoms with E-state index in [-0.39, 0.29) is 0 Å². The van der Waals surface area contributed by atoms with E-state index in [1.165, 1.54) is 18.4 Å². The molecule has 1 N–H and O–H groups in total. The molecule has 2 aromatic heterocycles. The van der Waals surface area contributed by atoms with E-state index in [0.29, 0.717) is 18.5 Å². The van der Waals surface area contributed by atoms with Crippen LogP contribution in [-0.2, 0) is 13.2 Å². The molecule has 4 heteroatoms. The number of furan rings is 1. The lowest BCUT2D eigenvalue weighted by atomic mass is 10.2. The van der Waals surface area contributed by atoms with Crippen LogP contribution in [0.5, 0.6) is 5.88 Å². The first-order valence-corrected chi connectivity index (χ1v) is 6.66. The van der Waals surface area contributed by atoms with Crippen molar-refractivity contribution >= 4 is 0 Å². The summed E-state index contributed by atoms with van der Waals surface area (Å²) in [4.78, 5) is 4.38. The van der Waals surface area contributed by atoms with E-state index in [1.54, 1.807) is 6.26 Å². The number of aromatic nitrogens is 1. The van der Waals surface area contributed by atoms with Gasteiger partial charge in [-0.15, -0.1) is 0 Å². The fourth-order valence-electron chi connectivity index (χ4n) is 1.97. The van der Waals surface area contributed by atoms with E-state index < -0.39 is 0 Å². The first kappa shape index (κ1) is 12.2. The molecule has 100 valence electrons. The zero-order valence-corrected chi connectivity index (χ0v) is 11.1. The Labute approximate surface area is 112 Å². The Kier molecular flexibility index (Phi) is 3.51. The van der Waals surface area contributed by atoms with Gasteiger partial charge < -0.3 is 14.5 Å². The molecule has 1 aliphatic rings. The summed E-state index contributed by atoms with van der Waals surface area (Å²) in [5.41, 5.74) is 2.19. The predicted octanol–water partition coefficient (Wildman–Crippen LogP) is 2.81. The van der Waals surface area contributed by atoms with Gasteiger partial charge in [-0.3, -0.25) is 0 Å². The Balaban J connectivity index is 1.62. The van der Waals surface area contributed by atoms with Gasteiger partial charge in [0.05, 0.1) is 6.26 Å². The van der Waals surface area contributed by atoms with Crippen LogP contribution in [0, 0.1) is 6.92 Å². The average molecular weight is 258 g/mol. The Bertz CT molecular complexity index is 533. The van der Waals surface area contributed by atoms with Crippen molar-refractivity contribution in [3.05, 3.63) is 47.5 Å². The predicted molar refractivity (Wildman–Crippen MR) is 71.9 cm³/mol. The van der Waals surface area contributed by atoms with Crippen LogP contribution in [-0.4, -0.2) is 11.0 Å². The van der Waals surface area contributed by atoms with Crippen molar-refractivity contribution in [3.8, 4) is 5.88 Å². The molecule has 2 aromatic rings. The van der Waals surface area contributed by atoms with Crippen LogP contribution in [0.1, 0.15) is 29.9 Å². The minimum absolute atomic E-state index is 0.416. The fraction of sp³-hybridized carbons (Fsp3) is 0.400. The molecule has 1 saturated carbocycles. The van der Waals surface area contributed by atoms with Crippen LogP contribution in [0.2, 0.25) is 0 Å². The summed E-state index contributed by atoms with van der Waals surface area (Å²) < 4.78 is 10.9. The van der Waals surface area contributed by atoms with E-state index in [1.807, 2.05) is 25.1 Å². The Morgan fingerprint density at radius 2 is 2.32 bits per heavy atom. The molecule has 0 radical (unpaired) electrons. The summed E-state index contributed by atoms with van der Waals surface area (Å²) in [6.07, 6.45) is 4.24. The fourth-order valence-corrected chi connectivity index (χ4v) is 1.97. The average Bonchev–Trinajstić information content (AvgIpc) is 3.08. The van der Waals surface area contributed by atoms with Crippen LogP contribution < -0.4 is 10.1 Å². The minimum atomic E-state index is 0.416. The molecule has 0 unspecified atom stereocenters. The Morgan fingerprint density at radius 3 is 3.05 bits per heavy atom. The van der Waals surface area contributed by atoms with E-state index in [9.17, 15) is 0 Å². The van der Waals surface area contributed by atoms with Crippen molar-refractivity contribution < 1.29 is 9.15 Å². The van der Waals surface area contributed by atoms with Crippen molar-refractivity contribution in [2.24, 2.45) is 0 Å². The maximum atomic E-state index is 5.66. The smallest absolute Gasteiger partial charge is 0.214 e. The summed E-state index contributed by atoms with van der Waals surface area (Å²) in [5, 5.41) is 3.50. The number of ether oxygens (including phenoxy) is 1. The van der Waals surface area contributed by atoms with Crippen LogP contribution in [0.4, 0.5) is 0 Å². The van der Waals surface area contributed by atoms with Gasteiger partial charge in [-0.05, 0) is 43.5 Å². The standard InChI is InChI=1S/C15H18N2O2/c1-11-7-12(9-16-13-4-5-13)8-15(17-11)19-10-14-3-2-6-18-14/h2-3,6-8,13,16H,4-5,9-10H2,1H3. The van der Waals surface area contributed by atoms with Crippen molar-refractivity contribution in [2.75, 3.05) is 0 Å². The quantitative estimate of drug-likeness (QED) is 0.865. The van der Waals surface area contributed by atoms with Gasteiger partial charge in [-0.25, -0.2) is 4.98 Å². The molecule has 19 heavy (non-hydrogen) atoms. The molecule has 0 saturated heterocycles. The molecule has 4 nitrogen and oxygen atoms in total. The molecule has 3 rings (SSSR count). The summed E-state index contributed by atoms with van der Waals surface area (Å²) in [6, 6.07) is 8.54. The number of aryl methyl sites for hydroxylation is 1. The zero-order chi connectivity index (χ0) is 13.1. The Hall–Kier alpha value is -1.81. The van der Waals surface area contributed by atoms with E-state index in [0.717, 1.165) is 18.0 Å². The van der Waals surface area contributed by atoms with Gasteiger partial charge in [0.25, 0.3) is 0 Å². The van der Waals surface area contributed by atoms with Gasteiger partial charge in [-0.2, -0.15) is 0 Å². The van der Waals surface area contributed by atoms with Crippen LogP contribution in [0.15, 0.2) is 34.9 Å². The Morgan fingerprint density at radius 1 is 1.42 bits per heavy atom. The summed E-state index contributed by atoms with van der Waals surface area (Å²) >= 11 is 0. The zero-order valence-electron chi connectivity index (χ0n) is 11.1. The highest BCUT2D eigenvalue weighted by atomic mass is 16.5. The lowest BCUT2D eigenvalue weighted by Crippen LogP contribution is -2.15. The number of pyridine rings is 1. The number of nitrogens with one attached hydrogen (secondary N) is 1. The topological polar surface area (TPSA) is 47.3 Å². The molecular formula is C15H18N2O2. The van der Waals surface area contributed by atoms with Gasteiger partial charge >= 0.3 is 0 Å². The molecule has 1 fully saturated rings. The molecule has 2 heterocycles. The third-order valence-corrected chi connectivity index (χ3v) is 3.10. The first-order valence-electron chi connectivity index (χ1n) is 6.66. The van der Waals surface area contributed by atoms with Crippen LogP contribution in [0.3, 0.4) is 0 Å². The minimum Gasteiger partial charge on any atom is -0.469 e. The summed E-state index contributed by atoms with van der Waals surface area (Å²) in [7, 11) is 0. The summed E-state index contributed by atoms with van der Waals surface area (Å²) in [5.74, 6) is 1.46. The van der Waals surface area contributed by atoms with Crippen molar-refractivity contribution in [3.63, 3.8) is 0 Å². The van der Waals surface area contributed by atoms with E-state index in [4.69, 9.17) is 9.15 Å². The van der Waals surface area contributed by atoms with Gasteiger partial charge in [0, 0.05) is 24.3 Å². The lowest BCUT2D eigenvalue weighted by Gasteiger charge is -2.08. The van der Waals surface area contributed by atoms with Crippen LogP contribution in [0.25, 0.3) is 0 Å². The highest BCUT2D eigenvalue weighted by molar-refractivity contribution is 5.25. The van der Waals surface area contributed by atoms with Gasteiger partial charge in [0.2, 0.25) is 5.88 Å². The van der Waals surface area contributed by atoms with Gasteiger partial charge in [0.1, 0.15) is 12.4 Å². The second-order valence-electron chi connectivity index (χ2n) is 4.98. The van der Waals surface area contributed by atoms with Crippen molar-refractivity contribution in [1.82, 2.24) is 10.3 Å². The van der Waals surface area contributed by atoms with Gasteiger partial charge in [-0.1, -0.05) is 0 Å². The number of rotatable bonds is 6. The SMILES string of the molecule is Cc1cc(CNC2CC2)cc(OCc2ccco2)n1. The molecule has 1 aliphatic carbocycles. The van der Waals surface area contributed by atoms with Gasteiger partial charge in [0.15, 0.2) is 0 Å². The highest BCUT2D eigenvalue weighted by Crippen LogP contribution is 2.20. The normalized spacial score (nSPS) is 14.6. The highest BCUT2D eigenvalue weighted by Gasteiger charge is 2.20. The van der Waals surface area contributed by atoms with E-state index >= 15 is 0 Å². The van der Waals surface area contributed by atoms with Crippen molar-refractivity contribution in [2.45, 2.75) is 39.0 Å². The largest absolute Gasteiger partial charge is 0.469 e. The van der Waals surface area contributed by atoms with E-state index in [2.05, 4.69) is 16.4 Å². The lowest BCUT2D eigenvalue weighted by molar-refractivity contribution is 0.260. The maximum Gasteiger partial charge on any atom is 0.214 e. The second-order valence-corrected chi connectivity index (χ2v) is 4.98. The first-order chi connectivity index (χ1) is 9.29. The second kappa shape index (κ2) is 5.45. The summed E-state index contributed by atoms with van der Waals surface area (Å²) in [6.45, 7) is 3.28. The number of hydrogen-bond acceptors (Lipinski definition) is 4. The molecule has 0 spiro atoms. The molecule has 0 bridgehead atoms. The number of nitrogens with zero attached hydrogens (tertiary/aromatic N) is 1. The number of hydrogen-bond donors (Lipinski definition) is 1.